The molecule has 1 aliphatic rings. The molecule has 0 radical (unpaired) electrons. The maximum Gasteiger partial charge on any atom is 0.214 e. The van der Waals surface area contributed by atoms with E-state index in [0.29, 0.717) is 18.2 Å². The fraction of sp³-hybridized carbons (Fsp3) is 0.571. The monoisotopic (exact) mass is 282 g/mol. The van der Waals surface area contributed by atoms with Crippen molar-refractivity contribution in [1.29, 1.82) is 0 Å². The van der Waals surface area contributed by atoms with Gasteiger partial charge in [0.1, 0.15) is 0 Å². The van der Waals surface area contributed by atoms with E-state index in [4.69, 9.17) is 5.73 Å². The van der Waals surface area contributed by atoms with Crippen molar-refractivity contribution in [3.05, 3.63) is 29.8 Å². The largest absolute Gasteiger partial charge is 0.398 e. The van der Waals surface area contributed by atoms with Gasteiger partial charge < -0.3 is 5.73 Å². The number of hydrogen-bond acceptors (Lipinski definition) is 3. The van der Waals surface area contributed by atoms with Gasteiger partial charge in [-0.05, 0) is 44.2 Å². The maximum atomic E-state index is 12.4. The third-order valence-corrected chi connectivity index (χ3v) is 5.62. The first-order valence-corrected chi connectivity index (χ1v) is 8.34. The smallest absolute Gasteiger partial charge is 0.214 e. The van der Waals surface area contributed by atoms with Crippen molar-refractivity contribution in [2.75, 3.05) is 11.5 Å². The highest BCUT2D eigenvalue weighted by Crippen LogP contribution is 2.32. The number of nitrogens with zero attached hydrogens (tertiary/aromatic N) is 1. The van der Waals surface area contributed by atoms with Crippen molar-refractivity contribution in [2.24, 2.45) is 5.92 Å². The molecule has 0 heterocycles. The number of nitrogen functional groups attached to an aromatic ring is 1. The summed E-state index contributed by atoms with van der Waals surface area (Å²) in [7, 11) is -3.20. The van der Waals surface area contributed by atoms with Crippen LogP contribution in [-0.4, -0.2) is 24.5 Å². The van der Waals surface area contributed by atoms with Crippen LogP contribution in [-0.2, 0) is 16.6 Å². The topological polar surface area (TPSA) is 63.4 Å². The number of hydrogen-bond donors (Lipinski definition) is 1. The number of nitrogens with two attached hydrogens (primary N) is 1. The molecule has 4 nitrogen and oxygen atoms in total. The number of rotatable bonds is 6. The summed E-state index contributed by atoms with van der Waals surface area (Å²) >= 11 is 0. The predicted octanol–water partition coefficient (Wildman–Crippen LogP) is 2.22. The molecule has 0 aliphatic heterocycles. The van der Waals surface area contributed by atoms with Crippen molar-refractivity contribution in [3.63, 3.8) is 0 Å². The minimum atomic E-state index is -3.20. The molecule has 0 saturated heterocycles. The van der Waals surface area contributed by atoms with E-state index >= 15 is 0 Å². The Kier molecular flexibility index (Phi) is 4.16. The SMILES string of the molecule is CC(C)N(Cc1ccccc1N)S(=O)(=O)CC1CC1. The average molecular weight is 282 g/mol. The Labute approximate surface area is 115 Å². The Balaban J connectivity index is 2.18. The van der Waals surface area contributed by atoms with E-state index in [1.54, 1.807) is 10.4 Å². The second kappa shape index (κ2) is 5.51. The maximum absolute atomic E-state index is 12.4. The highest BCUT2D eigenvalue weighted by atomic mass is 32.2. The molecule has 1 aromatic rings. The molecule has 1 fully saturated rings. The molecule has 0 amide bonds. The van der Waals surface area contributed by atoms with Crippen LogP contribution in [0.5, 0.6) is 0 Å². The molecule has 1 aromatic carbocycles. The van der Waals surface area contributed by atoms with Crippen LogP contribution in [0.2, 0.25) is 0 Å². The molecule has 0 unspecified atom stereocenters. The van der Waals surface area contributed by atoms with E-state index in [1.807, 2.05) is 32.0 Å². The summed E-state index contributed by atoms with van der Waals surface area (Å²) in [6.45, 7) is 4.17. The summed E-state index contributed by atoms with van der Waals surface area (Å²) in [5, 5.41) is 0. The Morgan fingerprint density at radius 3 is 2.47 bits per heavy atom. The molecule has 0 atom stereocenters. The lowest BCUT2D eigenvalue weighted by Crippen LogP contribution is -2.38. The van der Waals surface area contributed by atoms with Crippen LogP contribution in [0.1, 0.15) is 32.3 Å². The average Bonchev–Trinajstić information content (AvgIpc) is 3.10. The Morgan fingerprint density at radius 1 is 1.32 bits per heavy atom. The minimum Gasteiger partial charge on any atom is -0.398 e. The molecular formula is C14H22N2O2S. The molecule has 19 heavy (non-hydrogen) atoms. The number of para-hydroxylation sites is 1. The van der Waals surface area contributed by atoms with Crippen LogP contribution >= 0.6 is 0 Å². The molecule has 1 aliphatic carbocycles. The third-order valence-electron chi connectivity index (χ3n) is 3.46. The summed E-state index contributed by atoms with van der Waals surface area (Å²) in [4.78, 5) is 0. The number of anilines is 1. The van der Waals surface area contributed by atoms with Gasteiger partial charge >= 0.3 is 0 Å². The van der Waals surface area contributed by atoms with E-state index in [1.165, 1.54) is 0 Å². The fourth-order valence-corrected chi connectivity index (χ4v) is 4.23. The van der Waals surface area contributed by atoms with Gasteiger partial charge in [0.05, 0.1) is 5.75 Å². The number of sulfonamides is 1. The van der Waals surface area contributed by atoms with E-state index in [9.17, 15) is 8.42 Å². The van der Waals surface area contributed by atoms with Crippen LogP contribution in [0.4, 0.5) is 5.69 Å². The molecule has 2 N–H and O–H groups in total. The van der Waals surface area contributed by atoms with E-state index in [2.05, 4.69) is 0 Å². The van der Waals surface area contributed by atoms with Crippen LogP contribution in [0.3, 0.4) is 0 Å². The first kappa shape index (κ1) is 14.3. The zero-order chi connectivity index (χ0) is 14.0. The second-order valence-electron chi connectivity index (χ2n) is 5.56. The second-order valence-corrected chi connectivity index (χ2v) is 7.53. The highest BCUT2D eigenvalue weighted by Gasteiger charge is 2.33. The quantitative estimate of drug-likeness (QED) is 0.814. The molecule has 2 rings (SSSR count). The van der Waals surface area contributed by atoms with E-state index in [0.717, 1.165) is 18.4 Å². The van der Waals surface area contributed by atoms with Crippen LogP contribution < -0.4 is 5.73 Å². The summed E-state index contributed by atoms with van der Waals surface area (Å²) in [5.74, 6) is 0.636. The van der Waals surface area contributed by atoms with Gasteiger partial charge in [-0.25, -0.2) is 8.42 Å². The molecule has 0 aromatic heterocycles. The van der Waals surface area contributed by atoms with Crippen LogP contribution in [0.25, 0.3) is 0 Å². The van der Waals surface area contributed by atoms with Crippen molar-refractivity contribution in [3.8, 4) is 0 Å². The van der Waals surface area contributed by atoms with Gasteiger partial charge in [0.2, 0.25) is 10.0 Å². The van der Waals surface area contributed by atoms with Crippen molar-refractivity contribution < 1.29 is 8.42 Å². The van der Waals surface area contributed by atoms with Gasteiger partial charge in [0.25, 0.3) is 0 Å². The lowest BCUT2D eigenvalue weighted by molar-refractivity contribution is 0.347. The van der Waals surface area contributed by atoms with Crippen LogP contribution in [0, 0.1) is 5.92 Å². The van der Waals surface area contributed by atoms with Crippen molar-refractivity contribution in [2.45, 2.75) is 39.3 Å². The molecular weight excluding hydrogens is 260 g/mol. The molecule has 106 valence electrons. The Hall–Kier alpha value is -1.07. The standard InChI is InChI=1S/C14H22N2O2S/c1-11(2)16(19(17,18)10-12-7-8-12)9-13-5-3-4-6-14(13)15/h3-6,11-12H,7-10,15H2,1-2H3. The van der Waals surface area contributed by atoms with Gasteiger partial charge in [0, 0.05) is 18.3 Å². The Morgan fingerprint density at radius 2 is 1.95 bits per heavy atom. The van der Waals surface area contributed by atoms with Gasteiger partial charge in [-0.3, -0.25) is 0 Å². The lowest BCUT2D eigenvalue weighted by Gasteiger charge is -2.26. The molecule has 0 spiro atoms. The highest BCUT2D eigenvalue weighted by molar-refractivity contribution is 7.89. The summed E-state index contributed by atoms with van der Waals surface area (Å²) < 4.78 is 26.4. The fourth-order valence-electron chi connectivity index (χ4n) is 2.13. The predicted molar refractivity (Wildman–Crippen MR) is 78.0 cm³/mol. The molecule has 1 saturated carbocycles. The van der Waals surface area contributed by atoms with Gasteiger partial charge in [-0.2, -0.15) is 4.31 Å². The van der Waals surface area contributed by atoms with Gasteiger partial charge in [-0.1, -0.05) is 18.2 Å². The first-order valence-electron chi connectivity index (χ1n) is 6.73. The molecule has 5 heteroatoms. The van der Waals surface area contributed by atoms with Gasteiger partial charge in [0.15, 0.2) is 0 Å². The third kappa shape index (κ3) is 3.70. The summed E-state index contributed by atoms with van der Waals surface area (Å²) in [6, 6.07) is 7.39. The minimum absolute atomic E-state index is 0.0524. The normalized spacial score (nSPS) is 16.2. The summed E-state index contributed by atoms with van der Waals surface area (Å²) in [5.41, 5.74) is 7.42. The summed E-state index contributed by atoms with van der Waals surface area (Å²) in [6.07, 6.45) is 2.08. The Bertz CT molecular complexity index is 536. The zero-order valence-electron chi connectivity index (χ0n) is 11.5. The lowest BCUT2D eigenvalue weighted by atomic mass is 10.2. The van der Waals surface area contributed by atoms with Crippen LogP contribution in [0.15, 0.2) is 24.3 Å². The van der Waals surface area contributed by atoms with Crippen molar-refractivity contribution >= 4 is 15.7 Å². The van der Waals surface area contributed by atoms with E-state index in [-0.39, 0.29) is 11.8 Å². The zero-order valence-corrected chi connectivity index (χ0v) is 12.4. The first-order chi connectivity index (χ1) is 8.90. The van der Waals surface area contributed by atoms with Crippen molar-refractivity contribution in [1.82, 2.24) is 4.31 Å². The molecule has 0 bridgehead atoms. The number of benzene rings is 1. The van der Waals surface area contributed by atoms with E-state index < -0.39 is 10.0 Å². The van der Waals surface area contributed by atoms with Gasteiger partial charge in [-0.15, -0.1) is 0 Å².